The Bertz CT molecular complexity index is 1770. The molecule has 0 radical (unpaired) electrons. The molecule has 1 atom stereocenters. The van der Waals surface area contributed by atoms with Gasteiger partial charge >= 0.3 is 0 Å². The Hall–Kier alpha value is -5.18. The SMILES string of the molecule is Cc1cccn2c(C)c(C(O)=C3C(=O)C(=O)N(CCCn4ccnc4)C3c3ccc(OCc4ccccc4)cc3)nc12. The van der Waals surface area contributed by atoms with Crippen LogP contribution >= 0.6 is 0 Å². The molecule has 42 heavy (non-hydrogen) atoms. The maximum Gasteiger partial charge on any atom is 0.295 e. The molecule has 1 aliphatic heterocycles. The zero-order chi connectivity index (χ0) is 29.2. The van der Waals surface area contributed by atoms with Crippen molar-refractivity contribution < 1.29 is 19.4 Å². The summed E-state index contributed by atoms with van der Waals surface area (Å²) in [5, 5.41) is 11.6. The Morgan fingerprint density at radius 2 is 1.74 bits per heavy atom. The number of imidazole rings is 2. The highest BCUT2D eigenvalue weighted by Gasteiger charge is 2.46. The second kappa shape index (κ2) is 11.4. The minimum atomic E-state index is -0.777. The number of nitrogens with zero attached hydrogens (tertiary/aromatic N) is 5. The Morgan fingerprint density at radius 1 is 0.952 bits per heavy atom. The molecule has 3 aromatic heterocycles. The van der Waals surface area contributed by atoms with Crippen molar-refractivity contribution in [3.63, 3.8) is 0 Å². The topological polar surface area (TPSA) is 102 Å². The summed E-state index contributed by atoms with van der Waals surface area (Å²) in [5.74, 6) is -0.987. The molecule has 9 nitrogen and oxygen atoms in total. The number of aryl methyl sites for hydroxylation is 3. The molecule has 6 rings (SSSR count). The van der Waals surface area contributed by atoms with Crippen molar-refractivity contribution in [1.29, 1.82) is 0 Å². The van der Waals surface area contributed by atoms with E-state index in [-0.39, 0.29) is 17.0 Å². The summed E-state index contributed by atoms with van der Waals surface area (Å²) in [7, 11) is 0. The van der Waals surface area contributed by atoms with Crippen LogP contribution < -0.4 is 4.74 Å². The molecule has 1 saturated heterocycles. The second-order valence-electron chi connectivity index (χ2n) is 10.4. The molecule has 1 fully saturated rings. The molecule has 0 saturated carbocycles. The van der Waals surface area contributed by atoms with Crippen molar-refractivity contribution >= 4 is 23.1 Å². The van der Waals surface area contributed by atoms with Crippen LogP contribution in [0.25, 0.3) is 11.4 Å². The highest BCUT2D eigenvalue weighted by atomic mass is 16.5. The van der Waals surface area contributed by atoms with Crippen LogP contribution in [0.15, 0.2) is 97.2 Å². The lowest BCUT2D eigenvalue weighted by Gasteiger charge is -2.25. The number of likely N-dealkylation sites (tertiary alicyclic amines) is 1. The third kappa shape index (κ3) is 5.05. The van der Waals surface area contributed by atoms with Gasteiger partial charge in [-0.2, -0.15) is 0 Å². The lowest BCUT2D eigenvalue weighted by Crippen LogP contribution is -2.31. The van der Waals surface area contributed by atoms with E-state index in [1.165, 1.54) is 0 Å². The van der Waals surface area contributed by atoms with Crippen LogP contribution in [-0.2, 0) is 22.7 Å². The number of amides is 1. The first-order chi connectivity index (χ1) is 20.4. The van der Waals surface area contributed by atoms with Crippen molar-refractivity contribution in [1.82, 2.24) is 23.8 Å². The average Bonchev–Trinajstić information content (AvgIpc) is 3.71. The number of carbonyl (C=O) groups excluding carboxylic acids is 2. The third-order valence-corrected chi connectivity index (χ3v) is 7.67. The number of hydrogen-bond acceptors (Lipinski definition) is 6. The first kappa shape index (κ1) is 27.0. The normalized spacial score (nSPS) is 16.4. The maximum absolute atomic E-state index is 13.5. The summed E-state index contributed by atoms with van der Waals surface area (Å²) in [6, 6.07) is 20.3. The molecule has 1 amide bonds. The number of aliphatic hydroxyl groups excluding tert-OH is 1. The fraction of sp³-hybridized carbons (Fsp3) is 0.212. The molecular formula is C33H31N5O4. The minimum absolute atomic E-state index is 0.0322. The van der Waals surface area contributed by atoms with E-state index >= 15 is 0 Å². The van der Waals surface area contributed by atoms with Gasteiger partial charge in [-0.15, -0.1) is 0 Å². The summed E-state index contributed by atoms with van der Waals surface area (Å²) >= 11 is 0. The van der Waals surface area contributed by atoms with Gasteiger partial charge in [0.15, 0.2) is 5.76 Å². The fourth-order valence-electron chi connectivity index (χ4n) is 5.46. The first-order valence-electron chi connectivity index (χ1n) is 13.9. The zero-order valence-corrected chi connectivity index (χ0v) is 23.5. The first-order valence-corrected chi connectivity index (χ1v) is 13.9. The van der Waals surface area contributed by atoms with Gasteiger partial charge in [-0.3, -0.25) is 9.59 Å². The van der Waals surface area contributed by atoms with Crippen LogP contribution in [0.3, 0.4) is 0 Å². The lowest BCUT2D eigenvalue weighted by atomic mass is 9.96. The van der Waals surface area contributed by atoms with Crippen LogP contribution in [0.4, 0.5) is 0 Å². The molecule has 4 heterocycles. The highest BCUT2D eigenvalue weighted by Crippen LogP contribution is 2.40. The summed E-state index contributed by atoms with van der Waals surface area (Å²) < 4.78 is 9.76. The van der Waals surface area contributed by atoms with E-state index in [2.05, 4.69) is 9.97 Å². The molecule has 1 N–H and O–H groups in total. The zero-order valence-electron chi connectivity index (χ0n) is 23.5. The van der Waals surface area contributed by atoms with Gasteiger partial charge in [0.1, 0.15) is 23.7 Å². The van der Waals surface area contributed by atoms with Gasteiger partial charge in [0.25, 0.3) is 11.7 Å². The number of Topliss-reactive ketones (excluding diaryl/α,β-unsaturated/α-hetero) is 1. The largest absolute Gasteiger partial charge is 0.505 e. The number of hydrogen-bond donors (Lipinski definition) is 1. The van der Waals surface area contributed by atoms with Gasteiger partial charge in [0, 0.05) is 31.7 Å². The lowest BCUT2D eigenvalue weighted by molar-refractivity contribution is -0.139. The Balaban J connectivity index is 1.36. The van der Waals surface area contributed by atoms with Crippen molar-refractivity contribution in [2.45, 2.75) is 39.5 Å². The molecule has 1 aliphatic rings. The highest BCUT2D eigenvalue weighted by molar-refractivity contribution is 6.46. The molecule has 212 valence electrons. The maximum atomic E-state index is 13.5. The van der Waals surface area contributed by atoms with E-state index < -0.39 is 17.7 Å². The van der Waals surface area contributed by atoms with E-state index in [1.807, 2.05) is 102 Å². The number of pyridine rings is 1. The van der Waals surface area contributed by atoms with Crippen LogP contribution in [0, 0.1) is 13.8 Å². The van der Waals surface area contributed by atoms with Crippen LogP contribution in [0.1, 0.15) is 40.5 Å². The fourth-order valence-corrected chi connectivity index (χ4v) is 5.46. The molecule has 0 aliphatic carbocycles. The molecular weight excluding hydrogens is 530 g/mol. The van der Waals surface area contributed by atoms with Crippen molar-refractivity contribution in [3.05, 3.63) is 125 Å². The third-order valence-electron chi connectivity index (χ3n) is 7.67. The molecule has 2 aromatic carbocycles. The van der Waals surface area contributed by atoms with E-state index in [1.54, 1.807) is 17.4 Å². The van der Waals surface area contributed by atoms with E-state index in [9.17, 15) is 14.7 Å². The van der Waals surface area contributed by atoms with Crippen molar-refractivity contribution in [2.75, 3.05) is 6.54 Å². The number of ether oxygens (including phenoxy) is 1. The predicted octanol–water partition coefficient (Wildman–Crippen LogP) is 5.24. The number of aromatic nitrogens is 4. The summed E-state index contributed by atoms with van der Waals surface area (Å²) in [6.07, 6.45) is 7.74. The molecule has 5 aromatic rings. The monoisotopic (exact) mass is 561 g/mol. The number of ketones is 1. The minimum Gasteiger partial charge on any atom is -0.505 e. The van der Waals surface area contributed by atoms with Gasteiger partial charge in [-0.05, 0) is 55.2 Å². The molecule has 0 bridgehead atoms. The number of benzene rings is 2. The molecule has 1 unspecified atom stereocenters. The standard InChI is InChI=1S/C33H31N5O4/c1-22-8-6-17-37-23(2)28(35-32(22)37)30(39)27-29(38(33(41)31(27)40)18-7-16-36-19-15-34-21-36)25-11-13-26(14-12-25)42-20-24-9-4-3-5-10-24/h3-6,8-15,17,19,21,29,39H,7,16,18,20H2,1-2H3. The van der Waals surface area contributed by atoms with Gasteiger partial charge < -0.3 is 23.7 Å². The Labute approximate surface area is 243 Å². The van der Waals surface area contributed by atoms with E-state index in [4.69, 9.17) is 4.74 Å². The van der Waals surface area contributed by atoms with Gasteiger partial charge in [0.2, 0.25) is 0 Å². The summed E-state index contributed by atoms with van der Waals surface area (Å²) in [6.45, 7) is 5.14. The molecule has 9 heteroatoms. The number of aliphatic hydroxyl groups is 1. The predicted molar refractivity (Wildman–Crippen MR) is 158 cm³/mol. The quantitative estimate of drug-likeness (QED) is 0.150. The van der Waals surface area contributed by atoms with Crippen molar-refractivity contribution in [3.8, 4) is 5.75 Å². The van der Waals surface area contributed by atoms with Gasteiger partial charge in [-0.1, -0.05) is 48.5 Å². The summed E-state index contributed by atoms with van der Waals surface area (Å²) in [4.78, 5) is 37.3. The van der Waals surface area contributed by atoms with E-state index in [0.29, 0.717) is 48.8 Å². The van der Waals surface area contributed by atoms with Crippen LogP contribution in [0.5, 0.6) is 5.75 Å². The van der Waals surface area contributed by atoms with Crippen LogP contribution in [0.2, 0.25) is 0 Å². The average molecular weight is 562 g/mol. The second-order valence-corrected chi connectivity index (χ2v) is 10.4. The van der Waals surface area contributed by atoms with Gasteiger partial charge in [-0.25, -0.2) is 9.97 Å². The van der Waals surface area contributed by atoms with Crippen LogP contribution in [-0.4, -0.2) is 47.2 Å². The Kier molecular flexibility index (Phi) is 7.31. The number of fused-ring (bicyclic) bond motifs is 1. The number of rotatable bonds is 9. The van der Waals surface area contributed by atoms with Crippen molar-refractivity contribution in [2.24, 2.45) is 0 Å². The van der Waals surface area contributed by atoms with E-state index in [0.717, 1.165) is 11.1 Å². The molecule has 0 spiro atoms. The Morgan fingerprint density at radius 3 is 2.45 bits per heavy atom. The number of carbonyl (C=O) groups is 2. The van der Waals surface area contributed by atoms with Gasteiger partial charge in [0.05, 0.1) is 23.6 Å². The summed E-state index contributed by atoms with van der Waals surface area (Å²) in [5.41, 5.74) is 4.36. The smallest absolute Gasteiger partial charge is 0.295 e.